The molecule has 0 radical (unpaired) electrons. The number of rotatable bonds is 3. The van der Waals surface area contributed by atoms with Crippen molar-refractivity contribution in [1.82, 2.24) is 4.57 Å². The molecule has 0 amide bonds. The van der Waals surface area contributed by atoms with Crippen LogP contribution in [0, 0.1) is 18.3 Å². The molecule has 0 aliphatic heterocycles. The van der Waals surface area contributed by atoms with E-state index in [-0.39, 0.29) is 11.1 Å². The van der Waals surface area contributed by atoms with Gasteiger partial charge in [0.15, 0.2) is 0 Å². The van der Waals surface area contributed by atoms with Crippen LogP contribution in [0.3, 0.4) is 0 Å². The van der Waals surface area contributed by atoms with Gasteiger partial charge in [-0.2, -0.15) is 5.26 Å². The van der Waals surface area contributed by atoms with Gasteiger partial charge in [-0.1, -0.05) is 35.9 Å². The molecule has 0 N–H and O–H groups in total. The largest absolute Gasteiger partial charge is 0.310 e. The summed E-state index contributed by atoms with van der Waals surface area (Å²) in [6.07, 6.45) is 1.76. The van der Waals surface area contributed by atoms with Gasteiger partial charge in [0, 0.05) is 16.6 Å². The maximum Gasteiger partial charge on any atom is 0.269 e. The van der Waals surface area contributed by atoms with Crippen molar-refractivity contribution in [3.63, 3.8) is 0 Å². The van der Waals surface area contributed by atoms with Gasteiger partial charge >= 0.3 is 0 Å². The molecule has 0 aliphatic rings. The summed E-state index contributed by atoms with van der Waals surface area (Å²) in [6.45, 7) is 2.50. The lowest BCUT2D eigenvalue weighted by Crippen LogP contribution is -2.23. The minimum Gasteiger partial charge on any atom is -0.310 e. The summed E-state index contributed by atoms with van der Waals surface area (Å²) in [5.41, 5.74) is 2.90. The lowest BCUT2D eigenvalue weighted by atomic mass is 10.1. The second kappa shape index (κ2) is 6.00. The molecule has 22 heavy (non-hydrogen) atoms. The summed E-state index contributed by atoms with van der Waals surface area (Å²) in [5, 5.41) is 11.3. The number of pyridine rings is 1. The predicted octanol–water partition coefficient (Wildman–Crippen LogP) is 3.81. The molecule has 0 fully saturated rings. The van der Waals surface area contributed by atoms with Crippen molar-refractivity contribution >= 4 is 11.3 Å². The average molecular weight is 306 g/mol. The summed E-state index contributed by atoms with van der Waals surface area (Å²) in [7, 11) is 0. The average Bonchev–Trinajstić information content (AvgIpc) is 3.05. The third-order valence-electron chi connectivity index (χ3n) is 3.54. The van der Waals surface area contributed by atoms with Crippen LogP contribution in [-0.2, 0) is 6.54 Å². The lowest BCUT2D eigenvalue weighted by molar-refractivity contribution is 0.757. The molecule has 0 aliphatic carbocycles. The Hall–Kier alpha value is -2.64. The Labute approximate surface area is 132 Å². The summed E-state index contributed by atoms with van der Waals surface area (Å²) in [5.74, 6) is 0. The van der Waals surface area contributed by atoms with Crippen LogP contribution in [0.1, 0.15) is 16.7 Å². The van der Waals surface area contributed by atoms with Crippen molar-refractivity contribution in [1.29, 1.82) is 5.26 Å². The van der Waals surface area contributed by atoms with E-state index in [0.717, 1.165) is 10.4 Å². The molecule has 0 atom stereocenters. The SMILES string of the molecule is Cc1ccc(Cn2ccc(-c3cccs3)c(C#N)c2=O)cc1. The van der Waals surface area contributed by atoms with E-state index in [1.54, 1.807) is 10.8 Å². The molecule has 0 bridgehead atoms. The van der Waals surface area contributed by atoms with E-state index >= 15 is 0 Å². The fraction of sp³-hybridized carbons (Fsp3) is 0.111. The predicted molar refractivity (Wildman–Crippen MR) is 89.0 cm³/mol. The van der Waals surface area contributed by atoms with Gasteiger partial charge in [-0.05, 0) is 30.0 Å². The number of nitrogens with zero attached hydrogens (tertiary/aromatic N) is 2. The minimum absolute atomic E-state index is 0.206. The van der Waals surface area contributed by atoms with E-state index < -0.39 is 0 Å². The fourth-order valence-electron chi connectivity index (χ4n) is 2.33. The molecule has 108 valence electrons. The van der Waals surface area contributed by atoms with Crippen LogP contribution < -0.4 is 5.56 Å². The van der Waals surface area contributed by atoms with E-state index in [1.165, 1.54) is 16.9 Å². The van der Waals surface area contributed by atoms with Gasteiger partial charge in [0.05, 0.1) is 6.54 Å². The molecule has 3 nitrogen and oxygen atoms in total. The molecular weight excluding hydrogens is 292 g/mol. The van der Waals surface area contributed by atoms with E-state index in [9.17, 15) is 10.1 Å². The number of hydrogen-bond donors (Lipinski definition) is 0. The van der Waals surface area contributed by atoms with Gasteiger partial charge in [0.2, 0.25) is 0 Å². The second-order valence-corrected chi connectivity index (χ2v) is 6.06. The van der Waals surface area contributed by atoms with Crippen molar-refractivity contribution in [2.75, 3.05) is 0 Å². The normalized spacial score (nSPS) is 10.4. The topological polar surface area (TPSA) is 45.8 Å². The first-order valence-corrected chi connectivity index (χ1v) is 7.80. The molecule has 0 saturated carbocycles. The molecule has 3 aromatic rings. The number of aromatic nitrogens is 1. The minimum atomic E-state index is -0.242. The standard InChI is InChI=1S/C18H14N2OS/c1-13-4-6-14(7-5-13)12-20-9-8-15(16(11-19)18(20)21)17-3-2-10-22-17/h2-10H,12H2,1H3. The number of thiophene rings is 1. The number of hydrogen-bond acceptors (Lipinski definition) is 3. The molecular formula is C18H14N2OS. The molecule has 1 aromatic carbocycles. The lowest BCUT2D eigenvalue weighted by Gasteiger charge is -2.09. The van der Waals surface area contributed by atoms with Gasteiger partial charge in [0.1, 0.15) is 11.6 Å². The monoisotopic (exact) mass is 306 g/mol. The summed E-state index contributed by atoms with van der Waals surface area (Å²) in [4.78, 5) is 13.5. The van der Waals surface area contributed by atoms with Crippen LogP contribution in [-0.4, -0.2) is 4.57 Å². The molecule has 2 heterocycles. The molecule has 0 spiro atoms. The molecule has 0 saturated heterocycles. The molecule has 0 unspecified atom stereocenters. The Bertz CT molecular complexity index is 884. The Morgan fingerprint density at radius 3 is 2.59 bits per heavy atom. The first kappa shape index (κ1) is 14.3. The first-order chi connectivity index (χ1) is 10.7. The Kier molecular flexibility index (Phi) is 3.90. The number of benzene rings is 1. The maximum absolute atomic E-state index is 12.5. The van der Waals surface area contributed by atoms with Crippen LogP contribution in [0.15, 0.2) is 58.8 Å². The van der Waals surface area contributed by atoms with Gasteiger partial charge in [-0.25, -0.2) is 0 Å². The van der Waals surface area contributed by atoms with E-state index in [2.05, 4.69) is 6.07 Å². The maximum atomic E-state index is 12.5. The van der Waals surface area contributed by atoms with Crippen molar-refractivity contribution in [3.05, 3.63) is 81.1 Å². The molecule has 4 heteroatoms. The van der Waals surface area contributed by atoms with Crippen LogP contribution >= 0.6 is 11.3 Å². The van der Waals surface area contributed by atoms with Gasteiger partial charge in [-0.3, -0.25) is 4.79 Å². The zero-order valence-corrected chi connectivity index (χ0v) is 12.9. The smallest absolute Gasteiger partial charge is 0.269 e. The van der Waals surface area contributed by atoms with Crippen LogP contribution in [0.2, 0.25) is 0 Å². The van der Waals surface area contributed by atoms with E-state index in [0.29, 0.717) is 12.1 Å². The summed E-state index contributed by atoms with van der Waals surface area (Å²) < 4.78 is 1.58. The van der Waals surface area contributed by atoms with Crippen LogP contribution in [0.5, 0.6) is 0 Å². The Morgan fingerprint density at radius 1 is 1.18 bits per heavy atom. The quantitative estimate of drug-likeness (QED) is 0.738. The summed E-state index contributed by atoms with van der Waals surface area (Å²) in [6, 6.07) is 15.8. The summed E-state index contributed by atoms with van der Waals surface area (Å²) >= 11 is 1.53. The second-order valence-electron chi connectivity index (χ2n) is 5.11. The molecule has 2 aromatic heterocycles. The Morgan fingerprint density at radius 2 is 1.95 bits per heavy atom. The highest BCUT2D eigenvalue weighted by Gasteiger charge is 2.12. The Balaban J connectivity index is 2.02. The zero-order chi connectivity index (χ0) is 15.5. The van der Waals surface area contributed by atoms with E-state index in [1.807, 2.05) is 54.8 Å². The first-order valence-electron chi connectivity index (χ1n) is 6.92. The third kappa shape index (κ3) is 2.72. The number of aryl methyl sites for hydroxylation is 1. The third-order valence-corrected chi connectivity index (χ3v) is 4.44. The fourth-order valence-corrected chi connectivity index (χ4v) is 3.09. The highest BCUT2D eigenvalue weighted by atomic mass is 32.1. The molecule has 3 rings (SSSR count). The van der Waals surface area contributed by atoms with Crippen molar-refractivity contribution in [3.8, 4) is 16.5 Å². The van der Waals surface area contributed by atoms with Crippen molar-refractivity contribution < 1.29 is 0 Å². The van der Waals surface area contributed by atoms with Gasteiger partial charge in [0.25, 0.3) is 5.56 Å². The van der Waals surface area contributed by atoms with E-state index in [4.69, 9.17) is 0 Å². The number of nitriles is 1. The zero-order valence-electron chi connectivity index (χ0n) is 12.1. The highest BCUT2D eigenvalue weighted by Crippen LogP contribution is 2.25. The van der Waals surface area contributed by atoms with Crippen LogP contribution in [0.25, 0.3) is 10.4 Å². The highest BCUT2D eigenvalue weighted by molar-refractivity contribution is 7.13. The van der Waals surface area contributed by atoms with Crippen molar-refractivity contribution in [2.45, 2.75) is 13.5 Å². The van der Waals surface area contributed by atoms with Gasteiger partial charge < -0.3 is 4.57 Å². The van der Waals surface area contributed by atoms with Crippen molar-refractivity contribution in [2.24, 2.45) is 0 Å². The van der Waals surface area contributed by atoms with Crippen LogP contribution in [0.4, 0.5) is 0 Å². The van der Waals surface area contributed by atoms with Gasteiger partial charge in [-0.15, -0.1) is 11.3 Å².